The number of H-pyrrole nitrogens is 1. The van der Waals surface area contributed by atoms with Gasteiger partial charge < -0.3 is 5.32 Å². The summed E-state index contributed by atoms with van der Waals surface area (Å²) in [6, 6.07) is 8.49. The Morgan fingerprint density at radius 3 is 2.42 bits per heavy atom. The summed E-state index contributed by atoms with van der Waals surface area (Å²) in [6.45, 7) is 9.29. The zero-order valence-corrected chi connectivity index (χ0v) is 12.6. The number of benzene rings is 1. The monoisotopic (exact) mass is 276 g/mol. The molecule has 5 heteroatoms. The first kappa shape index (κ1) is 14.1. The van der Waals surface area contributed by atoms with E-state index in [0.29, 0.717) is 0 Å². The third-order valence-corrected chi connectivity index (χ3v) is 3.41. The SMILES string of the molecule is Cc1nc(Sc2ccc(CNC(C)(C)C)cc2)n[nH]1. The third-order valence-electron chi connectivity index (χ3n) is 2.53. The zero-order chi connectivity index (χ0) is 13.9. The Bertz CT molecular complexity index is 525. The van der Waals surface area contributed by atoms with E-state index in [1.165, 1.54) is 5.56 Å². The van der Waals surface area contributed by atoms with Crippen molar-refractivity contribution in [2.24, 2.45) is 0 Å². The largest absolute Gasteiger partial charge is 0.308 e. The predicted octanol–water partition coefficient (Wildman–Crippen LogP) is 3.15. The van der Waals surface area contributed by atoms with Gasteiger partial charge in [0.15, 0.2) is 0 Å². The molecule has 0 unspecified atom stereocenters. The molecule has 2 aromatic rings. The predicted molar refractivity (Wildman–Crippen MR) is 78.3 cm³/mol. The van der Waals surface area contributed by atoms with E-state index in [0.717, 1.165) is 22.4 Å². The van der Waals surface area contributed by atoms with E-state index in [1.54, 1.807) is 11.8 Å². The van der Waals surface area contributed by atoms with Crippen LogP contribution >= 0.6 is 11.8 Å². The molecule has 19 heavy (non-hydrogen) atoms. The molecular formula is C14H20N4S. The molecule has 0 radical (unpaired) electrons. The summed E-state index contributed by atoms with van der Waals surface area (Å²) < 4.78 is 0. The van der Waals surface area contributed by atoms with E-state index in [9.17, 15) is 0 Å². The molecule has 0 atom stereocenters. The highest BCUT2D eigenvalue weighted by molar-refractivity contribution is 7.99. The van der Waals surface area contributed by atoms with Gasteiger partial charge in [-0.15, -0.1) is 5.10 Å². The molecule has 0 saturated heterocycles. The summed E-state index contributed by atoms with van der Waals surface area (Å²) in [5, 5.41) is 11.2. The van der Waals surface area contributed by atoms with Crippen LogP contribution in [-0.2, 0) is 6.54 Å². The summed E-state index contributed by atoms with van der Waals surface area (Å²) in [7, 11) is 0. The average Bonchev–Trinajstić information content (AvgIpc) is 2.73. The van der Waals surface area contributed by atoms with Crippen LogP contribution in [0, 0.1) is 6.92 Å². The van der Waals surface area contributed by atoms with Gasteiger partial charge >= 0.3 is 0 Å². The Morgan fingerprint density at radius 2 is 1.89 bits per heavy atom. The van der Waals surface area contributed by atoms with Crippen LogP contribution in [0.2, 0.25) is 0 Å². The van der Waals surface area contributed by atoms with E-state index in [2.05, 4.69) is 65.5 Å². The van der Waals surface area contributed by atoms with Crippen molar-refractivity contribution in [3.63, 3.8) is 0 Å². The lowest BCUT2D eigenvalue weighted by atomic mass is 10.1. The number of hydrogen-bond acceptors (Lipinski definition) is 4. The lowest BCUT2D eigenvalue weighted by Gasteiger charge is -2.20. The fourth-order valence-corrected chi connectivity index (χ4v) is 2.27. The molecule has 0 amide bonds. The van der Waals surface area contributed by atoms with Gasteiger partial charge in [0.1, 0.15) is 5.82 Å². The van der Waals surface area contributed by atoms with Crippen molar-refractivity contribution in [2.45, 2.75) is 49.8 Å². The van der Waals surface area contributed by atoms with Crippen molar-refractivity contribution in [3.8, 4) is 0 Å². The zero-order valence-electron chi connectivity index (χ0n) is 11.8. The van der Waals surface area contributed by atoms with E-state index in [-0.39, 0.29) is 5.54 Å². The normalized spacial score (nSPS) is 11.8. The summed E-state index contributed by atoms with van der Waals surface area (Å²) >= 11 is 1.57. The third kappa shape index (κ3) is 4.69. The van der Waals surface area contributed by atoms with Gasteiger partial charge in [0.05, 0.1) is 0 Å². The van der Waals surface area contributed by atoms with Crippen molar-refractivity contribution in [1.29, 1.82) is 0 Å². The maximum atomic E-state index is 4.28. The van der Waals surface area contributed by atoms with Crippen LogP contribution in [0.3, 0.4) is 0 Å². The second kappa shape index (κ2) is 5.75. The molecule has 2 N–H and O–H groups in total. The summed E-state index contributed by atoms with van der Waals surface area (Å²) in [5.74, 6) is 0.841. The van der Waals surface area contributed by atoms with Gasteiger partial charge in [0.25, 0.3) is 0 Å². The first-order valence-electron chi connectivity index (χ1n) is 6.33. The van der Waals surface area contributed by atoms with Crippen LogP contribution in [0.4, 0.5) is 0 Å². The Labute approximate surface area is 118 Å². The maximum absolute atomic E-state index is 4.28. The highest BCUT2D eigenvalue weighted by Crippen LogP contribution is 2.24. The fraction of sp³-hybridized carbons (Fsp3) is 0.429. The first-order chi connectivity index (χ1) is 8.92. The molecule has 0 aliphatic heterocycles. The van der Waals surface area contributed by atoms with Crippen LogP contribution < -0.4 is 5.32 Å². The van der Waals surface area contributed by atoms with E-state index in [1.807, 2.05) is 6.92 Å². The topological polar surface area (TPSA) is 53.6 Å². The van der Waals surface area contributed by atoms with E-state index < -0.39 is 0 Å². The molecule has 4 nitrogen and oxygen atoms in total. The number of nitrogens with one attached hydrogen (secondary N) is 2. The molecule has 1 aromatic heterocycles. The van der Waals surface area contributed by atoms with Crippen molar-refractivity contribution in [2.75, 3.05) is 0 Å². The summed E-state index contributed by atoms with van der Waals surface area (Å²) in [4.78, 5) is 5.43. The van der Waals surface area contributed by atoms with Crippen molar-refractivity contribution < 1.29 is 0 Å². The first-order valence-corrected chi connectivity index (χ1v) is 7.15. The van der Waals surface area contributed by atoms with Crippen molar-refractivity contribution in [1.82, 2.24) is 20.5 Å². The highest BCUT2D eigenvalue weighted by atomic mass is 32.2. The van der Waals surface area contributed by atoms with E-state index in [4.69, 9.17) is 0 Å². The standard InChI is InChI=1S/C14H20N4S/c1-10-16-13(18-17-10)19-12-7-5-11(6-8-12)9-15-14(2,3)4/h5-8,15H,9H2,1-4H3,(H,16,17,18). The van der Waals surface area contributed by atoms with Crippen LogP contribution in [0.15, 0.2) is 34.3 Å². The van der Waals surface area contributed by atoms with Gasteiger partial charge in [0.2, 0.25) is 5.16 Å². The molecule has 0 bridgehead atoms. The Morgan fingerprint density at radius 1 is 1.21 bits per heavy atom. The lowest BCUT2D eigenvalue weighted by molar-refractivity contribution is 0.424. The number of rotatable bonds is 4. The average molecular weight is 276 g/mol. The summed E-state index contributed by atoms with van der Waals surface area (Å²) in [5.41, 5.74) is 1.43. The number of hydrogen-bond donors (Lipinski definition) is 2. The molecule has 102 valence electrons. The molecule has 0 fully saturated rings. The van der Waals surface area contributed by atoms with Crippen LogP contribution in [0.1, 0.15) is 32.2 Å². The molecule has 0 aliphatic rings. The number of aryl methyl sites for hydroxylation is 1. The maximum Gasteiger partial charge on any atom is 0.213 e. The molecular weight excluding hydrogens is 256 g/mol. The molecule has 0 aliphatic carbocycles. The molecule has 2 rings (SSSR count). The van der Waals surface area contributed by atoms with Gasteiger partial charge in [-0.1, -0.05) is 12.1 Å². The lowest BCUT2D eigenvalue weighted by Crippen LogP contribution is -2.35. The van der Waals surface area contributed by atoms with Crippen LogP contribution in [-0.4, -0.2) is 20.7 Å². The minimum absolute atomic E-state index is 0.143. The van der Waals surface area contributed by atoms with Crippen LogP contribution in [0.5, 0.6) is 0 Å². The second-order valence-electron chi connectivity index (χ2n) is 5.55. The second-order valence-corrected chi connectivity index (χ2v) is 6.59. The van der Waals surface area contributed by atoms with Crippen molar-refractivity contribution in [3.05, 3.63) is 35.7 Å². The highest BCUT2D eigenvalue weighted by Gasteiger charge is 2.08. The quantitative estimate of drug-likeness (QED) is 0.900. The number of aromatic nitrogens is 3. The minimum atomic E-state index is 0.143. The molecule has 0 spiro atoms. The Hall–Kier alpha value is -1.33. The van der Waals surface area contributed by atoms with Gasteiger partial charge in [-0.25, -0.2) is 4.98 Å². The van der Waals surface area contributed by atoms with Crippen LogP contribution in [0.25, 0.3) is 0 Å². The number of nitrogens with zero attached hydrogens (tertiary/aromatic N) is 2. The molecule has 0 saturated carbocycles. The Balaban J connectivity index is 1.95. The summed E-state index contributed by atoms with van der Waals surface area (Å²) in [6.07, 6.45) is 0. The fourth-order valence-electron chi connectivity index (χ4n) is 1.52. The molecule has 1 aromatic carbocycles. The molecule has 1 heterocycles. The Kier molecular flexibility index (Phi) is 4.27. The minimum Gasteiger partial charge on any atom is -0.308 e. The van der Waals surface area contributed by atoms with E-state index >= 15 is 0 Å². The van der Waals surface area contributed by atoms with Gasteiger partial charge in [0, 0.05) is 17.0 Å². The van der Waals surface area contributed by atoms with Gasteiger partial charge in [-0.3, -0.25) is 5.10 Å². The van der Waals surface area contributed by atoms with Gasteiger partial charge in [-0.2, -0.15) is 0 Å². The number of aromatic amines is 1. The smallest absolute Gasteiger partial charge is 0.213 e. The van der Waals surface area contributed by atoms with Crippen molar-refractivity contribution >= 4 is 11.8 Å². The van der Waals surface area contributed by atoms with Gasteiger partial charge in [-0.05, 0) is 57.2 Å².